The molecule has 0 radical (unpaired) electrons. The molecule has 0 aromatic heterocycles. The molecule has 0 saturated carbocycles. The van der Waals surface area contributed by atoms with Crippen molar-refractivity contribution in [2.45, 2.75) is 25.8 Å². The maximum Gasteiger partial charge on any atom is 0.246 e. The molecule has 0 spiro atoms. The topological polar surface area (TPSA) is 32.3 Å². The minimum Gasteiger partial charge on any atom is -0.324 e. The minimum atomic E-state index is -0.300. The normalized spacial score (nSPS) is 12.5. The third-order valence-electron chi connectivity index (χ3n) is 3.72. The molecule has 0 fully saturated rings. The molecule has 1 unspecified atom stereocenters. The number of benzene rings is 2. The van der Waals surface area contributed by atoms with Gasteiger partial charge in [0.25, 0.3) is 0 Å². The van der Waals surface area contributed by atoms with Gasteiger partial charge in [0, 0.05) is 5.69 Å². The molecule has 2 aromatic carbocycles. The van der Waals surface area contributed by atoms with Gasteiger partial charge in [0.2, 0.25) is 5.91 Å². The third kappa shape index (κ3) is 3.95. The Kier molecular flexibility index (Phi) is 5.34. The molecule has 0 bridgehead atoms. The molecule has 0 saturated heterocycles. The first kappa shape index (κ1) is 16.2. The van der Waals surface area contributed by atoms with Crippen LogP contribution in [0.1, 0.15) is 36.9 Å². The summed E-state index contributed by atoms with van der Waals surface area (Å²) in [6, 6.07) is 17.6. The van der Waals surface area contributed by atoms with Gasteiger partial charge in [0.1, 0.15) is 6.04 Å². The molecular weight excluding hydrogens is 272 g/mol. The standard InChI is InChI=1S/C19H24N2O/c1-14(2)15-10-12-17(13-11-15)20-19(22)18(21(3)4)16-8-6-5-7-9-16/h5-14,18H,1-4H3,(H,20,22). The summed E-state index contributed by atoms with van der Waals surface area (Å²) in [6.45, 7) is 4.32. The summed E-state index contributed by atoms with van der Waals surface area (Å²) >= 11 is 0. The van der Waals surface area contributed by atoms with E-state index in [-0.39, 0.29) is 11.9 Å². The van der Waals surface area contributed by atoms with Gasteiger partial charge in [-0.05, 0) is 43.3 Å². The molecule has 116 valence electrons. The van der Waals surface area contributed by atoms with Crippen LogP contribution in [0.5, 0.6) is 0 Å². The van der Waals surface area contributed by atoms with Gasteiger partial charge in [-0.1, -0.05) is 56.3 Å². The average molecular weight is 296 g/mol. The Morgan fingerprint density at radius 2 is 1.50 bits per heavy atom. The maximum absolute atomic E-state index is 12.6. The summed E-state index contributed by atoms with van der Waals surface area (Å²) < 4.78 is 0. The molecule has 1 atom stereocenters. The zero-order chi connectivity index (χ0) is 16.1. The van der Waals surface area contributed by atoms with Crippen LogP contribution in [-0.4, -0.2) is 24.9 Å². The highest BCUT2D eigenvalue weighted by Gasteiger charge is 2.22. The summed E-state index contributed by atoms with van der Waals surface area (Å²) in [5.74, 6) is 0.470. The smallest absolute Gasteiger partial charge is 0.246 e. The molecule has 0 heterocycles. The molecule has 0 aliphatic rings. The maximum atomic E-state index is 12.6. The summed E-state index contributed by atoms with van der Waals surface area (Å²) in [4.78, 5) is 14.5. The first-order chi connectivity index (χ1) is 10.5. The Labute approximate surface area is 133 Å². The Morgan fingerprint density at radius 1 is 0.909 bits per heavy atom. The molecular formula is C19H24N2O. The van der Waals surface area contributed by atoms with Crippen LogP contribution in [0.15, 0.2) is 54.6 Å². The van der Waals surface area contributed by atoms with Crippen LogP contribution in [0.2, 0.25) is 0 Å². The van der Waals surface area contributed by atoms with Crippen molar-refractivity contribution in [3.05, 3.63) is 65.7 Å². The van der Waals surface area contributed by atoms with Crippen LogP contribution in [-0.2, 0) is 4.79 Å². The lowest BCUT2D eigenvalue weighted by atomic mass is 10.0. The van der Waals surface area contributed by atoms with Crippen molar-refractivity contribution in [1.29, 1.82) is 0 Å². The predicted octanol–water partition coefficient (Wildman–Crippen LogP) is 4.05. The lowest BCUT2D eigenvalue weighted by Gasteiger charge is -2.24. The van der Waals surface area contributed by atoms with E-state index in [1.165, 1.54) is 5.56 Å². The zero-order valence-electron chi connectivity index (χ0n) is 13.7. The second kappa shape index (κ2) is 7.23. The fourth-order valence-electron chi connectivity index (χ4n) is 2.48. The van der Waals surface area contributed by atoms with Crippen LogP contribution < -0.4 is 5.32 Å². The van der Waals surface area contributed by atoms with Crippen molar-refractivity contribution in [3.63, 3.8) is 0 Å². The van der Waals surface area contributed by atoms with Gasteiger partial charge in [-0.25, -0.2) is 0 Å². The molecule has 1 amide bonds. The molecule has 1 N–H and O–H groups in total. The zero-order valence-corrected chi connectivity index (χ0v) is 13.7. The van der Waals surface area contributed by atoms with Gasteiger partial charge in [0.15, 0.2) is 0 Å². The lowest BCUT2D eigenvalue weighted by molar-refractivity contribution is -0.120. The van der Waals surface area contributed by atoms with E-state index in [0.29, 0.717) is 5.92 Å². The van der Waals surface area contributed by atoms with Gasteiger partial charge in [-0.2, -0.15) is 0 Å². The number of hydrogen-bond donors (Lipinski definition) is 1. The second-order valence-electron chi connectivity index (χ2n) is 6.04. The average Bonchev–Trinajstić information content (AvgIpc) is 2.48. The minimum absolute atomic E-state index is 0.0199. The van der Waals surface area contributed by atoms with E-state index in [9.17, 15) is 4.79 Å². The summed E-state index contributed by atoms with van der Waals surface area (Å²) in [5, 5.41) is 3.01. The van der Waals surface area contributed by atoms with Gasteiger partial charge in [-0.15, -0.1) is 0 Å². The SMILES string of the molecule is CC(C)c1ccc(NC(=O)C(c2ccccc2)N(C)C)cc1. The van der Waals surface area contributed by atoms with Crippen LogP contribution in [0.4, 0.5) is 5.69 Å². The van der Waals surface area contributed by atoms with Gasteiger partial charge >= 0.3 is 0 Å². The highest BCUT2D eigenvalue weighted by Crippen LogP contribution is 2.22. The number of likely N-dealkylation sites (N-methyl/N-ethyl adjacent to an activating group) is 1. The molecule has 2 rings (SSSR count). The Morgan fingerprint density at radius 3 is 2.00 bits per heavy atom. The lowest BCUT2D eigenvalue weighted by Crippen LogP contribution is -2.32. The predicted molar refractivity (Wildman–Crippen MR) is 92.0 cm³/mol. The molecule has 3 nitrogen and oxygen atoms in total. The highest BCUT2D eigenvalue weighted by atomic mass is 16.2. The third-order valence-corrected chi connectivity index (χ3v) is 3.72. The van der Waals surface area contributed by atoms with E-state index in [0.717, 1.165) is 11.3 Å². The van der Waals surface area contributed by atoms with Crippen molar-refractivity contribution in [2.75, 3.05) is 19.4 Å². The highest BCUT2D eigenvalue weighted by molar-refractivity contribution is 5.95. The van der Waals surface area contributed by atoms with E-state index in [2.05, 4.69) is 31.3 Å². The van der Waals surface area contributed by atoms with Crippen molar-refractivity contribution in [3.8, 4) is 0 Å². The van der Waals surface area contributed by atoms with Crippen LogP contribution in [0, 0.1) is 0 Å². The van der Waals surface area contributed by atoms with Crippen LogP contribution in [0.3, 0.4) is 0 Å². The molecule has 0 aliphatic heterocycles. The molecule has 0 aliphatic carbocycles. The molecule has 2 aromatic rings. The quantitative estimate of drug-likeness (QED) is 0.902. The number of nitrogens with zero attached hydrogens (tertiary/aromatic N) is 1. The monoisotopic (exact) mass is 296 g/mol. The second-order valence-corrected chi connectivity index (χ2v) is 6.04. The first-order valence-electron chi connectivity index (χ1n) is 7.61. The number of amides is 1. The Hall–Kier alpha value is -2.13. The fourth-order valence-corrected chi connectivity index (χ4v) is 2.48. The van der Waals surface area contributed by atoms with Crippen molar-refractivity contribution < 1.29 is 4.79 Å². The largest absolute Gasteiger partial charge is 0.324 e. The Bertz CT molecular complexity index is 603. The number of rotatable bonds is 5. The number of carbonyl (C=O) groups excluding carboxylic acids is 1. The molecule has 22 heavy (non-hydrogen) atoms. The van der Waals surface area contributed by atoms with Crippen molar-refractivity contribution >= 4 is 11.6 Å². The van der Waals surface area contributed by atoms with Gasteiger partial charge < -0.3 is 5.32 Å². The fraction of sp³-hybridized carbons (Fsp3) is 0.316. The number of anilines is 1. The van der Waals surface area contributed by atoms with Crippen LogP contribution in [0.25, 0.3) is 0 Å². The number of carbonyl (C=O) groups is 1. The van der Waals surface area contributed by atoms with E-state index in [1.807, 2.05) is 61.5 Å². The van der Waals surface area contributed by atoms with E-state index < -0.39 is 0 Å². The van der Waals surface area contributed by atoms with Gasteiger partial charge in [0.05, 0.1) is 0 Å². The number of hydrogen-bond acceptors (Lipinski definition) is 2. The summed E-state index contributed by atoms with van der Waals surface area (Å²) in [5.41, 5.74) is 3.09. The van der Waals surface area contributed by atoms with E-state index in [4.69, 9.17) is 0 Å². The Balaban J connectivity index is 2.15. The van der Waals surface area contributed by atoms with Gasteiger partial charge in [-0.3, -0.25) is 9.69 Å². The summed E-state index contributed by atoms with van der Waals surface area (Å²) in [7, 11) is 3.83. The van der Waals surface area contributed by atoms with E-state index in [1.54, 1.807) is 0 Å². The number of nitrogens with one attached hydrogen (secondary N) is 1. The van der Waals surface area contributed by atoms with Crippen molar-refractivity contribution in [2.24, 2.45) is 0 Å². The molecule has 3 heteroatoms. The first-order valence-corrected chi connectivity index (χ1v) is 7.61. The summed E-state index contributed by atoms with van der Waals surface area (Å²) in [6.07, 6.45) is 0. The van der Waals surface area contributed by atoms with Crippen LogP contribution >= 0.6 is 0 Å². The van der Waals surface area contributed by atoms with E-state index >= 15 is 0 Å². The van der Waals surface area contributed by atoms with Crippen molar-refractivity contribution in [1.82, 2.24) is 4.90 Å².